The highest BCUT2D eigenvalue weighted by molar-refractivity contribution is 5.85. The van der Waals surface area contributed by atoms with Crippen molar-refractivity contribution in [1.29, 1.82) is 0 Å². The molecule has 0 fully saturated rings. The standard InChI is InChI=1S/C22H22N2O5/c25-21(23-13-20-7-4-12-27-20)14-24-22(26)16-29-19-10-8-18(9-11-19)28-15-17-5-2-1-3-6-17/h1-12H,13-16H2,(H,23,25)(H,24,26). The van der Waals surface area contributed by atoms with E-state index in [-0.39, 0.29) is 31.5 Å². The van der Waals surface area contributed by atoms with Gasteiger partial charge in [-0.05, 0) is 42.0 Å². The van der Waals surface area contributed by atoms with E-state index in [1.807, 2.05) is 30.3 Å². The molecule has 0 aliphatic rings. The zero-order chi connectivity index (χ0) is 20.3. The van der Waals surface area contributed by atoms with Crippen LogP contribution in [-0.2, 0) is 22.7 Å². The Bertz CT molecular complexity index is 893. The van der Waals surface area contributed by atoms with E-state index in [1.54, 1.807) is 36.4 Å². The van der Waals surface area contributed by atoms with Crippen LogP contribution in [0.1, 0.15) is 11.3 Å². The third kappa shape index (κ3) is 7.06. The lowest BCUT2D eigenvalue weighted by molar-refractivity contribution is -0.127. The summed E-state index contributed by atoms with van der Waals surface area (Å²) in [6, 6.07) is 20.4. The van der Waals surface area contributed by atoms with E-state index in [4.69, 9.17) is 13.9 Å². The first kappa shape index (κ1) is 20.0. The number of carbonyl (C=O) groups excluding carboxylic acids is 2. The van der Waals surface area contributed by atoms with E-state index in [1.165, 1.54) is 6.26 Å². The van der Waals surface area contributed by atoms with Gasteiger partial charge in [0, 0.05) is 0 Å². The van der Waals surface area contributed by atoms with Gasteiger partial charge in [0.05, 0.1) is 19.4 Å². The molecule has 1 heterocycles. The molecule has 3 rings (SSSR count). The minimum atomic E-state index is -0.387. The highest BCUT2D eigenvalue weighted by Crippen LogP contribution is 2.18. The van der Waals surface area contributed by atoms with Crippen molar-refractivity contribution in [2.75, 3.05) is 13.2 Å². The van der Waals surface area contributed by atoms with Crippen molar-refractivity contribution in [3.63, 3.8) is 0 Å². The molecule has 29 heavy (non-hydrogen) atoms. The summed E-state index contributed by atoms with van der Waals surface area (Å²) in [4.78, 5) is 23.5. The molecular formula is C22H22N2O5. The van der Waals surface area contributed by atoms with E-state index < -0.39 is 0 Å². The summed E-state index contributed by atoms with van der Waals surface area (Å²) in [5.74, 6) is 1.19. The Morgan fingerprint density at radius 3 is 2.21 bits per heavy atom. The van der Waals surface area contributed by atoms with E-state index in [2.05, 4.69) is 10.6 Å². The fraction of sp³-hybridized carbons (Fsp3) is 0.182. The quantitative estimate of drug-likeness (QED) is 0.552. The molecule has 0 saturated heterocycles. The molecular weight excluding hydrogens is 372 g/mol. The molecule has 0 aliphatic heterocycles. The highest BCUT2D eigenvalue weighted by Gasteiger charge is 2.07. The van der Waals surface area contributed by atoms with Crippen LogP contribution in [0.2, 0.25) is 0 Å². The molecule has 0 unspecified atom stereocenters. The fourth-order valence-corrected chi connectivity index (χ4v) is 2.41. The molecule has 0 spiro atoms. The fourth-order valence-electron chi connectivity index (χ4n) is 2.41. The van der Waals surface area contributed by atoms with Crippen molar-refractivity contribution in [2.45, 2.75) is 13.2 Å². The van der Waals surface area contributed by atoms with Gasteiger partial charge in [0.15, 0.2) is 6.61 Å². The lowest BCUT2D eigenvalue weighted by Gasteiger charge is -2.09. The Labute approximate surface area is 168 Å². The van der Waals surface area contributed by atoms with Crippen molar-refractivity contribution < 1.29 is 23.5 Å². The number of benzene rings is 2. The van der Waals surface area contributed by atoms with Gasteiger partial charge in [0.25, 0.3) is 5.91 Å². The van der Waals surface area contributed by atoms with Gasteiger partial charge in [0.1, 0.15) is 23.9 Å². The Morgan fingerprint density at radius 1 is 0.793 bits per heavy atom. The Hall–Kier alpha value is -3.74. The molecule has 7 heteroatoms. The largest absolute Gasteiger partial charge is 0.489 e. The molecule has 3 aromatic rings. The highest BCUT2D eigenvalue weighted by atomic mass is 16.5. The lowest BCUT2D eigenvalue weighted by Crippen LogP contribution is -2.38. The van der Waals surface area contributed by atoms with Gasteiger partial charge in [-0.15, -0.1) is 0 Å². The molecule has 0 bridgehead atoms. The van der Waals surface area contributed by atoms with Gasteiger partial charge >= 0.3 is 0 Å². The van der Waals surface area contributed by atoms with Crippen LogP contribution in [0.15, 0.2) is 77.4 Å². The third-order valence-electron chi connectivity index (χ3n) is 3.93. The van der Waals surface area contributed by atoms with E-state index in [0.29, 0.717) is 23.9 Å². The van der Waals surface area contributed by atoms with Gasteiger partial charge in [-0.1, -0.05) is 30.3 Å². The molecule has 2 aromatic carbocycles. The molecule has 2 amide bonds. The summed E-state index contributed by atoms with van der Waals surface area (Å²) in [5, 5.41) is 5.14. The monoisotopic (exact) mass is 394 g/mol. The maximum absolute atomic E-state index is 11.8. The summed E-state index contributed by atoms with van der Waals surface area (Å²) in [6.45, 7) is 0.438. The average Bonchev–Trinajstić information content (AvgIpc) is 3.28. The topological polar surface area (TPSA) is 89.8 Å². The van der Waals surface area contributed by atoms with Crippen LogP contribution < -0.4 is 20.1 Å². The Balaban J connectivity index is 1.32. The number of hydrogen-bond donors (Lipinski definition) is 2. The van der Waals surface area contributed by atoms with Crippen LogP contribution >= 0.6 is 0 Å². The SMILES string of the molecule is O=C(CNC(=O)COc1ccc(OCc2ccccc2)cc1)NCc1ccco1. The molecule has 1 aromatic heterocycles. The van der Waals surface area contributed by atoms with Gasteiger partial charge in [-0.25, -0.2) is 0 Å². The maximum Gasteiger partial charge on any atom is 0.258 e. The first-order valence-electron chi connectivity index (χ1n) is 9.14. The van der Waals surface area contributed by atoms with Crippen molar-refractivity contribution in [3.8, 4) is 11.5 Å². The second-order valence-electron chi connectivity index (χ2n) is 6.17. The molecule has 150 valence electrons. The smallest absolute Gasteiger partial charge is 0.258 e. The predicted molar refractivity (Wildman–Crippen MR) is 106 cm³/mol. The minimum Gasteiger partial charge on any atom is -0.489 e. The number of nitrogens with one attached hydrogen (secondary N) is 2. The summed E-state index contributed by atoms with van der Waals surface area (Å²) in [7, 11) is 0. The van der Waals surface area contributed by atoms with Gasteiger partial charge < -0.3 is 24.5 Å². The van der Waals surface area contributed by atoms with E-state index >= 15 is 0 Å². The first-order chi connectivity index (χ1) is 14.2. The molecule has 0 radical (unpaired) electrons. The van der Waals surface area contributed by atoms with Crippen LogP contribution in [0.4, 0.5) is 0 Å². The summed E-state index contributed by atoms with van der Waals surface area (Å²) in [5.41, 5.74) is 1.08. The summed E-state index contributed by atoms with van der Waals surface area (Å²) >= 11 is 0. The zero-order valence-electron chi connectivity index (χ0n) is 15.8. The van der Waals surface area contributed by atoms with E-state index in [9.17, 15) is 9.59 Å². The second-order valence-corrected chi connectivity index (χ2v) is 6.17. The molecule has 0 atom stereocenters. The van der Waals surface area contributed by atoms with Crippen LogP contribution in [0, 0.1) is 0 Å². The van der Waals surface area contributed by atoms with Crippen LogP contribution in [-0.4, -0.2) is 25.0 Å². The summed E-state index contributed by atoms with van der Waals surface area (Å²) < 4.78 is 16.2. The second kappa shape index (κ2) is 10.6. The van der Waals surface area contributed by atoms with Crippen molar-refractivity contribution in [1.82, 2.24) is 10.6 Å². The predicted octanol–water partition coefficient (Wildman–Crippen LogP) is 2.67. The number of rotatable bonds is 10. The number of hydrogen-bond acceptors (Lipinski definition) is 5. The number of carbonyl (C=O) groups is 2. The lowest BCUT2D eigenvalue weighted by atomic mass is 10.2. The molecule has 0 aliphatic carbocycles. The summed E-state index contributed by atoms with van der Waals surface area (Å²) in [6.07, 6.45) is 1.53. The minimum absolute atomic E-state index is 0.130. The third-order valence-corrected chi connectivity index (χ3v) is 3.93. The van der Waals surface area contributed by atoms with E-state index in [0.717, 1.165) is 5.56 Å². The normalized spacial score (nSPS) is 10.2. The Morgan fingerprint density at radius 2 is 1.52 bits per heavy atom. The van der Waals surface area contributed by atoms with Crippen LogP contribution in [0.5, 0.6) is 11.5 Å². The van der Waals surface area contributed by atoms with Gasteiger partial charge in [0.2, 0.25) is 5.91 Å². The van der Waals surface area contributed by atoms with Gasteiger partial charge in [-0.2, -0.15) is 0 Å². The molecule has 0 saturated carbocycles. The van der Waals surface area contributed by atoms with Crippen LogP contribution in [0.25, 0.3) is 0 Å². The van der Waals surface area contributed by atoms with Gasteiger partial charge in [-0.3, -0.25) is 9.59 Å². The molecule has 2 N–H and O–H groups in total. The van der Waals surface area contributed by atoms with Crippen molar-refractivity contribution >= 4 is 11.8 Å². The number of ether oxygens (including phenoxy) is 2. The van der Waals surface area contributed by atoms with Crippen LogP contribution in [0.3, 0.4) is 0 Å². The zero-order valence-corrected chi connectivity index (χ0v) is 15.8. The number of furan rings is 1. The van der Waals surface area contributed by atoms with Crippen molar-refractivity contribution in [2.24, 2.45) is 0 Å². The maximum atomic E-state index is 11.8. The molecule has 7 nitrogen and oxygen atoms in total. The average molecular weight is 394 g/mol. The Kier molecular flexibility index (Phi) is 7.28. The first-order valence-corrected chi connectivity index (χ1v) is 9.14. The van der Waals surface area contributed by atoms with Crippen molar-refractivity contribution in [3.05, 3.63) is 84.3 Å². The number of amides is 2.